The summed E-state index contributed by atoms with van der Waals surface area (Å²) in [5, 5.41) is 9.93. The summed E-state index contributed by atoms with van der Waals surface area (Å²) >= 11 is 0. The van der Waals surface area contributed by atoms with Crippen LogP contribution in [0.4, 0.5) is 0 Å². The van der Waals surface area contributed by atoms with Crippen molar-refractivity contribution < 1.29 is 9.84 Å². The first kappa shape index (κ1) is 18.0. The second-order valence-electron chi connectivity index (χ2n) is 5.48. The van der Waals surface area contributed by atoms with Gasteiger partial charge in [0.2, 0.25) is 0 Å². The van der Waals surface area contributed by atoms with Gasteiger partial charge in [0.25, 0.3) is 0 Å². The maximum Gasteiger partial charge on any atom is 0.119 e. The van der Waals surface area contributed by atoms with E-state index in [1.54, 1.807) is 0 Å². The molecule has 0 unspecified atom stereocenters. The largest absolute Gasteiger partial charge is 0.493 e. The van der Waals surface area contributed by atoms with Crippen LogP contribution in [0.15, 0.2) is 24.3 Å². The van der Waals surface area contributed by atoms with Crippen LogP contribution < -0.4 is 10.5 Å². The number of aliphatic hydroxyl groups is 1. The van der Waals surface area contributed by atoms with Crippen LogP contribution in [0, 0.1) is 5.92 Å². The molecule has 1 aromatic carbocycles. The minimum Gasteiger partial charge on any atom is -0.493 e. The summed E-state index contributed by atoms with van der Waals surface area (Å²) in [5.41, 5.74) is 6.36. The molecule has 0 radical (unpaired) electrons. The second kappa shape index (κ2) is 10.6. The van der Waals surface area contributed by atoms with Gasteiger partial charge in [0.15, 0.2) is 0 Å². The summed E-state index contributed by atoms with van der Waals surface area (Å²) in [4.78, 5) is 0. The third-order valence-corrected chi connectivity index (χ3v) is 3.89. The van der Waals surface area contributed by atoms with E-state index in [2.05, 4.69) is 0 Å². The number of ether oxygens (including phenoxy) is 1. The van der Waals surface area contributed by atoms with E-state index < -0.39 is 6.10 Å². The van der Waals surface area contributed by atoms with Crippen LogP contribution in [0.2, 0.25) is 0 Å². The molecule has 0 saturated heterocycles. The maximum absolute atomic E-state index is 9.93. The SMILES string of the molecule is CC.NCC[C@@H](O)c1cccc(OCC2CCCCC2)c1. The van der Waals surface area contributed by atoms with Gasteiger partial charge in [0, 0.05) is 0 Å². The van der Waals surface area contributed by atoms with E-state index in [1.807, 2.05) is 38.1 Å². The van der Waals surface area contributed by atoms with Crippen molar-refractivity contribution in [1.82, 2.24) is 0 Å². The van der Waals surface area contributed by atoms with Gasteiger partial charge in [-0.1, -0.05) is 45.2 Å². The van der Waals surface area contributed by atoms with E-state index in [0.29, 0.717) is 18.9 Å². The third-order valence-electron chi connectivity index (χ3n) is 3.89. The van der Waals surface area contributed by atoms with Crippen molar-refractivity contribution in [3.05, 3.63) is 29.8 Å². The van der Waals surface area contributed by atoms with Crippen molar-refractivity contribution in [2.45, 2.75) is 58.5 Å². The molecule has 0 aromatic heterocycles. The lowest BCUT2D eigenvalue weighted by molar-refractivity contribution is 0.169. The number of benzene rings is 1. The number of hydrogen-bond acceptors (Lipinski definition) is 3. The van der Waals surface area contributed by atoms with Crippen molar-refractivity contribution in [2.75, 3.05) is 13.2 Å². The molecule has 1 aromatic rings. The lowest BCUT2D eigenvalue weighted by atomic mass is 9.90. The van der Waals surface area contributed by atoms with Gasteiger partial charge in [0.05, 0.1) is 12.7 Å². The number of rotatable bonds is 6. The average molecular weight is 293 g/mol. The Bertz CT molecular complexity index is 375. The van der Waals surface area contributed by atoms with Crippen molar-refractivity contribution in [2.24, 2.45) is 11.7 Å². The van der Waals surface area contributed by atoms with Crippen LogP contribution in [-0.4, -0.2) is 18.3 Å². The van der Waals surface area contributed by atoms with Crippen LogP contribution in [0.1, 0.15) is 64.0 Å². The molecule has 1 aliphatic carbocycles. The molecular formula is C18H31NO2. The summed E-state index contributed by atoms with van der Waals surface area (Å²) in [6.07, 6.45) is 6.73. The smallest absolute Gasteiger partial charge is 0.119 e. The predicted molar refractivity (Wildman–Crippen MR) is 88.5 cm³/mol. The molecule has 3 heteroatoms. The molecule has 2 rings (SSSR count). The third kappa shape index (κ3) is 6.49. The van der Waals surface area contributed by atoms with E-state index in [9.17, 15) is 5.11 Å². The maximum atomic E-state index is 9.93. The highest BCUT2D eigenvalue weighted by atomic mass is 16.5. The Kier molecular flexibility index (Phi) is 9.11. The van der Waals surface area contributed by atoms with Gasteiger partial charge in [-0.05, 0) is 49.4 Å². The van der Waals surface area contributed by atoms with Crippen LogP contribution in [0.3, 0.4) is 0 Å². The van der Waals surface area contributed by atoms with E-state index >= 15 is 0 Å². The molecule has 1 fully saturated rings. The monoisotopic (exact) mass is 293 g/mol. The Hall–Kier alpha value is -1.06. The molecule has 1 aliphatic rings. The van der Waals surface area contributed by atoms with Gasteiger partial charge in [-0.25, -0.2) is 0 Å². The second-order valence-corrected chi connectivity index (χ2v) is 5.48. The van der Waals surface area contributed by atoms with Crippen LogP contribution in [0.5, 0.6) is 5.75 Å². The summed E-state index contributed by atoms with van der Waals surface area (Å²) in [6, 6.07) is 7.75. The summed E-state index contributed by atoms with van der Waals surface area (Å²) in [7, 11) is 0. The number of nitrogens with two attached hydrogens (primary N) is 1. The van der Waals surface area contributed by atoms with E-state index in [-0.39, 0.29) is 0 Å². The highest BCUT2D eigenvalue weighted by Gasteiger charge is 2.14. The van der Waals surface area contributed by atoms with Crippen molar-refractivity contribution in [1.29, 1.82) is 0 Å². The Balaban J connectivity index is 0.00000106. The highest BCUT2D eigenvalue weighted by Crippen LogP contribution is 2.26. The van der Waals surface area contributed by atoms with Crippen molar-refractivity contribution in [3.8, 4) is 5.75 Å². The van der Waals surface area contributed by atoms with E-state index in [0.717, 1.165) is 17.9 Å². The topological polar surface area (TPSA) is 55.5 Å². The zero-order chi connectivity index (χ0) is 15.5. The molecule has 0 spiro atoms. The first-order valence-electron chi connectivity index (χ1n) is 8.40. The Labute approximate surface area is 129 Å². The lowest BCUT2D eigenvalue weighted by Crippen LogP contribution is -2.15. The first-order valence-corrected chi connectivity index (χ1v) is 8.40. The summed E-state index contributed by atoms with van der Waals surface area (Å²) < 4.78 is 5.87. The summed E-state index contributed by atoms with van der Waals surface area (Å²) in [6.45, 7) is 5.30. The highest BCUT2D eigenvalue weighted by molar-refractivity contribution is 5.29. The molecule has 1 atom stereocenters. The van der Waals surface area contributed by atoms with Gasteiger partial charge < -0.3 is 15.6 Å². The standard InChI is InChI=1S/C16H25NO2.C2H6/c17-10-9-16(18)14-7-4-8-15(11-14)19-12-13-5-2-1-3-6-13;1-2/h4,7-8,11,13,16,18H,1-3,5-6,9-10,12,17H2;1-2H3/t16-;/m1./s1. The lowest BCUT2D eigenvalue weighted by Gasteiger charge is -2.22. The summed E-state index contributed by atoms with van der Waals surface area (Å²) in [5.74, 6) is 1.56. The molecule has 0 bridgehead atoms. The molecule has 0 aliphatic heterocycles. The zero-order valence-corrected chi connectivity index (χ0v) is 13.6. The Morgan fingerprint density at radius 1 is 1.24 bits per heavy atom. The van der Waals surface area contributed by atoms with Crippen LogP contribution in [0.25, 0.3) is 0 Å². The first-order chi connectivity index (χ1) is 10.3. The molecule has 3 nitrogen and oxygen atoms in total. The van der Waals surface area contributed by atoms with Gasteiger partial charge in [-0.15, -0.1) is 0 Å². The van der Waals surface area contributed by atoms with Crippen LogP contribution in [-0.2, 0) is 0 Å². The fourth-order valence-corrected chi connectivity index (χ4v) is 2.70. The van der Waals surface area contributed by atoms with E-state index in [1.165, 1.54) is 32.1 Å². The fraction of sp³-hybridized carbons (Fsp3) is 0.667. The normalized spacial score (nSPS) is 16.8. The molecule has 21 heavy (non-hydrogen) atoms. The van der Waals surface area contributed by atoms with Gasteiger partial charge in [0.1, 0.15) is 5.75 Å². The Morgan fingerprint density at radius 2 is 1.95 bits per heavy atom. The zero-order valence-electron chi connectivity index (χ0n) is 13.6. The number of hydrogen-bond donors (Lipinski definition) is 2. The Morgan fingerprint density at radius 3 is 2.62 bits per heavy atom. The van der Waals surface area contributed by atoms with Gasteiger partial charge in [-0.3, -0.25) is 0 Å². The number of aliphatic hydroxyl groups excluding tert-OH is 1. The molecule has 3 N–H and O–H groups in total. The molecular weight excluding hydrogens is 262 g/mol. The quantitative estimate of drug-likeness (QED) is 0.831. The molecule has 1 saturated carbocycles. The predicted octanol–water partition coefficient (Wildman–Crippen LogP) is 4.05. The van der Waals surface area contributed by atoms with Crippen LogP contribution >= 0.6 is 0 Å². The molecule has 0 amide bonds. The minimum atomic E-state index is -0.483. The van der Waals surface area contributed by atoms with Crippen molar-refractivity contribution >= 4 is 0 Å². The molecule has 120 valence electrons. The van der Waals surface area contributed by atoms with Crippen molar-refractivity contribution in [3.63, 3.8) is 0 Å². The van der Waals surface area contributed by atoms with Gasteiger partial charge in [-0.2, -0.15) is 0 Å². The average Bonchev–Trinajstić information content (AvgIpc) is 2.56. The molecule has 0 heterocycles. The van der Waals surface area contributed by atoms with E-state index in [4.69, 9.17) is 10.5 Å². The minimum absolute atomic E-state index is 0.483. The van der Waals surface area contributed by atoms with Gasteiger partial charge >= 0.3 is 0 Å². The fourth-order valence-electron chi connectivity index (χ4n) is 2.70.